The third kappa shape index (κ3) is 5.42. The van der Waals surface area contributed by atoms with Gasteiger partial charge in [0, 0.05) is 17.6 Å². The van der Waals surface area contributed by atoms with Crippen LogP contribution in [0.5, 0.6) is 0 Å². The second-order valence-corrected chi connectivity index (χ2v) is 9.22. The van der Waals surface area contributed by atoms with Gasteiger partial charge < -0.3 is 15.4 Å². The molecule has 8 nitrogen and oxygen atoms in total. The zero-order chi connectivity index (χ0) is 21.7. The molecule has 0 spiro atoms. The molecule has 160 valence electrons. The summed E-state index contributed by atoms with van der Waals surface area (Å²) in [5.74, 6) is -2.21. The minimum atomic E-state index is -3.82. The Morgan fingerprint density at radius 3 is 2.37 bits per heavy atom. The lowest BCUT2D eigenvalue weighted by atomic mass is 10.2. The maximum atomic E-state index is 12.9. The SMILES string of the molecule is O=C(NCc1ccc(F)cc1)C(=O)NC[C@@H]1OCCN1S(=O)(=O)c1ccc(Br)cc1. The average Bonchev–Trinajstić information content (AvgIpc) is 3.21. The third-order valence-corrected chi connectivity index (χ3v) is 6.80. The Morgan fingerprint density at radius 1 is 1.07 bits per heavy atom. The number of benzene rings is 2. The number of hydrogen-bond donors (Lipinski definition) is 2. The van der Waals surface area contributed by atoms with Crippen molar-refractivity contribution in [1.29, 1.82) is 0 Å². The van der Waals surface area contributed by atoms with Crippen LogP contribution in [-0.2, 0) is 30.9 Å². The molecule has 1 heterocycles. The van der Waals surface area contributed by atoms with E-state index in [1.807, 2.05) is 0 Å². The molecule has 2 amide bonds. The van der Waals surface area contributed by atoms with E-state index < -0.39 is 33.9 Å². The first-order valence-electron chi connectivity index (χ1n) is 8.97. The first-order valence-corrected chi connectivity index (χ1v) is 11.2. The van der Waals surface area contributed by atoms with E-state index in [9.17, 15) is 22.4 Å². The van der Waals surface area contributed by atoms with E-state index in [4.69, 9.17) is 4.74 Å². The Hall–Kier alpha value is -2.34. The summed E-state index contributed by atoms with van der Waals surface area (Å²) in [6.07, 6.45) is -0.924. The van der Waals surface area contributed by atoms with Crippen molar-refractivity contribution in [3.05, 3.63) is 64.4 Å². The Labute approximate surface area is 181 Å². The van der Waals surface area contributed by atoms with Crippen LogP contribution in [0.15, 0.2) is 57.9 Å². The van der Waals surface area contributed by atoms with Gasteiger partial charge in [-0.1, -0.05) is 28.1 Å². The van der Waals surface area contributed by atoms with Crippen molar-refractivity contribution in [2.24, 2.45) is 0 Å². The molecule has 30 heavy (non-hydrogen) atoms. The largest absolute Gasteiger partial charge is 0.359 e. The molecule has 0 bridgehead atoms. The van der Waals surface area contributed by atoms with E-state index in [2.05, 4.69) is 26.6 Å². The zero-order valence-corrected chi connectivity index (χ0v) is 18.1. The maximum Gasteiger partial charge on any atom is 0.309 e. The second-order valence-electron chi connectivity index (χ2n) is 6.41. The van der Waals surface area contributed by atoms with Crippen LogP contribution in [0.3, 0.4) is 0 Å². The highest BCUT2D eigenvalue weighted by molar-refractivity contribution is 9.10. The Kier molecular flexibility index (Phi) is 7.19. The number of nitrogens with one attached hydrogen (secondary N) is 2. The van der Waals surface area contributed by atoms with Gasteiger partial charge in [-0.05, 0) is 42.0 Å². The Balaban J connectivity index is 1.54. The van der Waals surface area contributed by atoms with Crippen molar-refractivity contribution in [1.82, 2.24) is 14.9 Å². The molecular formula is C19H19BrFN3O5S. The number of halogens is 2. The molecule has 1 aliphatic heterocycles. The van der Waals surface area contributed by atoms with Gasteiger partial charge in [0.2, 0.25) is 10.0 Å². The van der Waals surface area contributed by atoms with Crippen molar-refractivity contribution in [3.8, 4) is 0 Å². The summed E-state index contributed by atoms with van der Waals surface area (Å²) in [4.78, 5) is 24.1. The number of amides is 2. The summed E-state index contributed by atoms with van der Waals surface area (Å²) < 4.78 is 45.9. The van der Waals surface area contributed by atoms with Crippen molar-refractivity contribution in [2.45, 2.75) is 17.7 Å². The molecule has 3 rings (SSSR count). The molecule has 11 heteroatoms. The van der Waals surface area contributed by atoms with Gasteiger partial charge in [0.1, 0.15) is 12.0 Å². The highest BCUT2D eigenvalue weighted by Crippen LogP contribution is 2.23. The third-order valence-electron chi connectivity index (χ3n) is 4.37. The van der Waals surface area contributed by atoms with E-state index in [1.165, 1.54) is 36.4 Å². The van der Waals surface area contributed by atoms with Crippen molar-refractivity contribution >= 4 is 37.8 Å². The number of carbonyl (C=O) groups excluding carboxylic acids is 2. The topological polar surface area (TPSA) is 105 Å². The smallest absolute Gasteiger partial charge is 0.309 e. The molecule has 2 N–H and O–H groups in total. The normalized spacial score (nSPS) is 16.9. The van der Waals surface area contributed by atoms with Gasteiger partial charge in [0.25, 0.3) is 0 Å². The maximum absolute atomic E-state index is 12.9. The molecule has 0 saturated carbocycles. The fraction of sp³-hybridized carbons (Fsp3) is 0.263. The molecule has 0 radical (unpaired) electrons. The van der Waals surface area contributed by atoms with Crippen LogP contribution in [0.25, 0.3) is 0 Å². The van der Waals surface area contributed by atoms with Crippen LogP contribution in [0, 0.1) is 5.82 Å². The van der Waals surface area contributed by atoms with Gasteiger partial charge in [-0.3, -0.25) is 9.59 Å². The first kappa shape index (κ1) is 22.3. The summed E-state index contributed by atoms with van der Waals surface area (Å²) in [7, 11) is -3.82. The van der Waals surface area contributed by atoms with Gasteiger partial charge in [0.05, 0.1) is 18.0 Å². The number of carbonyl (C=O) groups is 2. The Bertz CT molecular complexity index is 1020. The van der Waals surface area contributed by atoms with Gasteiger partial charge in [-0.25, -0.2) is 12.8 Å². The van der Waals surface area contributed by atoms with Gasteiger partial charge in [0.15, 0.2) is 0 Å². The number of sulfonamides is 1. The summed E-state index contributed by atoms with van der Waals surface area (Å²) >= 11 is 3.26. The fourth-order valence-electron chi connectivity index (χ4n) is 2.81. The van der Waals surface area contributed by atoms with Gasteiger partial charge in [-0.15, -0.1) is 0 Å². The number of rotatable bonds is 6. The van der Waals surface area contributed by atoms with Crippen LogP contribution >= 0.6 is 15.9 Å². The monoisotopic (exact) mass is 499 g/mol. The molecule has 1 aliphatic rings. The molecule has 0 unspecified atom stereocenters. The molecule has 0 aliphatic carbocycles. The van der Waals surface area contributed by atoms with E-state index in [-0.39, 0.29) is 31.1 Å². The lowest BCUT2D eigenvalue weighted by Crippen LogP contribution is -2.47. The number of ether oxygens (including phenoxy) is 1. The van der Waals surface area contributed by atoms with Crippen molar-refractivity contribution in [2.75, 3.05) is 19.7 Å². The Morgan fingerprint density at radius 2 is 1.70 bits per heavy atom. The van der Waals surface area contributed by atoms with Crippen LogP contribution in [-0.4, -0.2) is 50.5 Å². The second kappa shape index (κ2) is 9.65. The van der Waals surface area contributed by atoms with Crippen LogP contribution in [0.4, 0.5) is 4.39 Å². The summed E-state index contributed by atoms with van der Waals surface area (Å²) in [5, 5.41) is 4.80. The lowest BCUT2D eigenvalue weighted by molar-refractivity contribution is -0.139. The summed E-state index contributed by atoms with van der Waals surface area (Å²) in [6.45, 7) is 0.178. The molecule has 1 atom stereocenters. The minimum absolute atomic E-state index is 0.0521. The highest BCUT2D eigenvalue weighted by Gasteiger charge is 2.36. The van der Waals surface area contributed by atoms with E-state index in [0.29, 0.717) is 5.56 Å². The lowest BCUT2D eigenvalue weighted by Gasteiger charge is -2.22. The zero-order valence-electron chi connectivity index (χ0n) is 15.7. The molecule has 2 aromatic rings. The number of nitrogens with zero attached hydrogens (tertiary/aromatic N) is 1. The summed E-state index contributed by atoms with van der Waals surface area (Å²) in [6, 6.07) is 11.7. The first-order chi connectivity index (χ1) is 14.3. The predicted octanol–water partition coefficient (Wildman–Crippen LogP) is 1.37. The van der Waals surface area contributed by atoms with Crippen molar-refractivity contribution < 1.29 is 27.1 Å². The molecule has 1 fully saturated rings. The highest BCUT2D eigenvalue weighted by atomic mass is 79.9. The fourth-order valence-corrected chi connectivity index (χ4v) is 4.58. The van der Waals surface area contributed by atoms with E-state index in [0.717, 1.165) is 8.78 Å². The van der Waals surface area contributed by atoms with Crippen molar-refractivity contribution in [3.63, 3.8) is 0 Å². The van der Waals surface area contributed by atoms with Crippen LogP contribution < -0.4 is 10.6 Å². The molecule has 1 saturated heterocycles. The molecule has 0 aromatic heterocycles. The molecule has 2 aromatic carbocycles. The number of hydrogen-bond acceptors (Lipinski definition) is 5. The quantitative estimate of drug-likeness (QED) is 0.584. The standard InChI is InChI=1S/C19H19BrFN3O5S/c20-14-3-7-16(8-4-14)30(27,28)24-9-10-29-17(24)12-23-19(26)18(25)22-11-13-1-5-15(21)6-2-13/h1-8,17H,9-12H2,(H,22,25)(H,23,26)/t17-/m0/s1. The van der Waals surface area contributed by atoms with Crippen LogP contribution in [0.1, 0.15) is 5.56 Å². The van der Waals surface area contributed by atoms with Gasteiger partial charge >= 0.3 is 11.8 Å². The van der Waals surface area contributed by atoms with E-state index in [1.54, 1.807) is 12.1 Å². The van der Waals surface area contributed by atoms with Crippen LogP contribution in [0.2, 0.25) is 0 Å². The summed E-state index contributed by atoms with van der Waals surface area (Å²) in [5.41, 5.74) is 0.628. The predicted molar refractivity (Wildman–Crippen MR) is 109 cm³/mol. The molecular weight excluding hydrogens is 481 g/mol. The van der Waals surface area contributed by atoms with E-state index >= 15 is 0 Å². The minimum Gasteiger partial charge on any atom is -0.359 e. The average molecular weight is 500 g/mol. The van der Waals surface area contributed by atoms with Gasteiger partial charge in [-0.2, -0.15) is 4.31 Å².